The van der Waals surface area contributed by atoms with E-state index >= 15 is 0 Å². The summed E-state index contributed by atoms with van der Waals surface area (Å²) >= 11 is 0. The number of rotatable bonds is 5. The van der Waals surface area contributed by atoms with Crippen molar-refractivity contribution in [1.82, 2.24) is 0 Å². The van der Waals surface area contributed by atoms with Gasteiger partial charge in [0.25, 0.3) is 0 Å². The molecule has 2 aromatic carbocycles. The highest BCUT2D eigenvalue weighted by molar-refractivity contribution is 5.69. The van der Waals surface area contributed by atoms with Gasteiger partial charge < -0.3 is 9.47 Å². The second-order valence-corrected chi connectivity index (χ2v) is 3.86. The molecule has 0 unspecified atom stereocenters. The van der Waals surface area contributed by atoms with Crippen molar-refractivity contribution in [3.63, 3.8) is 0 Å². The van der Waals surface area contributed by atoms with E-state index in [0.29, 0.717) is 0 Å². The fraction of sp³-hybridized carbons (Fsp3) is 0.125. The van der Waals surface area contributed by atoms with Gasteiger partial charge in [0.2, 0.25) is 0 Å². The molecule has 2 aromatic rings. The van der Waals surface area contributed by atoms with Crippen LogP contribution < -0.4 is 4.74 Å². The van der Waals surface area contributed by atoms with Crippen LogP contribution in [-0.2, 0) is 4.74 Å². The van der Waals surface area contributed by atoms with Crippen LogP contribution in [0.1, 0.15) is 11.1 Å². The van der Waals surface area contributed by atoms with Crippen molar-refractivity contribution in [2.75, 3.05) is 13.9 Å². The van der Waals surface area contributed by atoms with Crippen LogP contribution in [0, 0.1) is 0 Å². The van der Waals surface area contributed by atoms with E-state index in [2.05, 4.69) is 24.3 Å². The van der Waals surface area contributed by atoms with Gasteiger partial charge in [0, 0.05) is 7.11 Å². The molecule has 2 nitrogen and oxygen atoms in total. The third kappa shape index (κ3) is 3.75. The van der Waals surface area contributed by atoms with Crippen LogP contribution >= 0.6 is 0 Å². The summed E-state index contributed by atoms with van der Waals surface area (Å²) in [6.07, 6.45) is 4.17. The first-order valence-electron chi connectivity index (χ1n) is 5.83. The van der Waals surface area contributed by atoms with Crippen LogP contribution in [0.15, 0.2) is 54.6 Å². The van der Waals surface area contributed by atoms with Gasteiger partial charge in [0.05, 0.1) is 0 Å². The Morgan fingerprint density at radius 1 is 0.833 bits per heavy atom. The van der Waals surface area contributed by atoms with E-state index in [9.17, 15) is 0 Å². The molecule has 0 aromatic heterocycles. The van der Waals surface area contributed by atoms with Gasteiger partial charge in [-0.25, -0.2) is 0 Å². The van der Waals surface area contributed by atoms with Gasteiger partial charge in [0.15, 0.2) is 6.79 Å². The Labute approximate surface area is 107 Å². The van der Waals surface area contributed by atoms with Crippen LogP contribution in [0.5, 0.6) is 5.75 Å². The first-order valence-corrected chi connectivity index (χ1v) is 5.83. The molecule has 0 heterocycles. The van der Waals surface area contributed by atoms with Crippen LogP contribution in [0.2, 0.25) is 0 Å². The molecule has 0 N–H and O–H groups in total. The summed E-state index contributed by atoms with van der Waals surface area (Å²) in [5.41, 5.74) is 2.33. The molecule has 0 amide bonds. The van der Waals surface area contributed by atoms with E-state index in [1.807, 2.05) is 42.5 Å². The van der Waals surface area contributed by atoms with Gasteiger partial charge >= 0.3 is 0 Å². The predicted octanol–water partition coefficient (Wildman–Crippen LogP) is 3.84. The van der Waals surface area contributed by atoms with Gasteiger partial charge in [-0.1, -0.05) is 54.6 Å². The van der Waals surface area contributed by atoms with Crippen LogP contribution in [0.3, 0.4) is 0 Å². The van der Waals surface area contributed by atoms with E-state index in [0.717, 1.165) is 11.3 Å². The zero-order chi connectivity index (χ0) is 12.6. The van der Waals surface area contributed by atoms with Crippen molar-refractivity contribution in [1.29, 1.82) is 0 Å². The maximum atomic E-state index is 5.33. The molecule has 0 saturated carbocycles. The molecular weight excluding hydrogens is 224 g/mol. The molecule has 2 heteroatoms. The maximum absolute atomic E-state index is 5.33. The van der Waals surface area contributed by atoms with Crippen LogP contribution in [0.4, 0.5) is 0 Å². The van der Waals surface area contributed by atoms with Gasteiger partial charge in [0.1, 0.15) is 5.75 Å². The molecule has 0 spiro atoms. The molecule has 0 aliphatic heterocycles. The zero-order valence-electron chi connectivity index (χ0n) is 10.4. The summed E-state index contributed by atoms with van der Waals surface area (Å²) in [5.74, 6) is 0.814. The number of hydrogen-bond acceptors (Lipinski definition) is 2. The van der Waals surface area contributed by atoms with E-state index in [-0.39, 0.29) is 6.79 Å². The highest BCUT2D eigenvalue weighted by atomic mass is 16.7. The Kier molecular flexibility index (Phi) is 4.56. The summed E-state index contributed by atoms with van der Waals surface area (Å²) in [7, 11) is 1.61. The summed E-state index contributed by atoms with van der Waals surface area (Å²) in [5, 5.41) is 0. The smallest absolute Gasteiger partial charge is 0.188 e. The lowest BCUT2D eigenvalue weighted by Gasteiger charge is -2.04. The standard InChI is InChI=1S/C16H16O2/c1-17-13-18-16-11-9-15(10-12-16)8-7-14-5-3-2-4-6-14/h2-12H,13H2,1H3/b8-7+. The molecule has 0 saturated heterocycles. The minimum atomic E-state index is 0.277. The lowest BCUT2D eigenvalue weighted by molar-refractivity contribution is 0.0511. The van der Waals surface area contributed by atoms with Crippen molar-refractivity contribution >= 4 is 12.2 Å². The third-order valence-corrected chi connectivity index (χ3v) is 2.49. The zero-order valence-corrected chi connectivity index (χ0v) is 10.4. The van der Waals surface area contributed by atoms with Crippen molar-refractivity contribution in [2.45, 2.75) is 0 Å². The number of ether oxygens (including phenoxy) is 2. The van der Waals surface area contributed by atoms with Crippen molar-refractivity contribution < 1.29 is 9.47 Å². The molecule has 0 aliphatic rings. The maximum Gasteiger partial charge on any atom is 0.188 e. The number of hydrogen-bond donors (Lipinski definition) is 0. The molecule has 0 atom stereocenters. The summed E-state index contributed by atoms with van der Waals surface area (Å²) in [4.78, 5) is 0. The van der Waals surface area contributed by atoms with Gasteiger partial charge in [-0.15, -0.1) is 0 Å². The van der Waals surface area contributed by atoms with Gasteiger partial charge in [-0.05, 0) is 23.3 Å². The first kappa shape index (κ1) is 12.4. The summed E-state index contributed by atoms with van der Waals surface area (Å²) in [6.45, 7) is 0.277. The van der Waals surface area contributed by atoms with Gasteiger partial charge in [-0.3, -0.25) is 0 Å². The van der Waals surface area contributed by atoms with Crippen molar-refractivity contribution in [3.8, 4) is 5.75 Å². The monoisotopic (exact) mass is 240 g/mol. The molecule has 0 aliphatic carbocycles. The molecule has 2 rings (SSSR count). The summed E-state index contributed by atoms with van der Waals surface area (Å²) < 4.78 is 10.2. The SMILES string of the molecule is COCOc1ccc(/C=C/c2ccccc2)cc1. The average molecular weight is 240 g/mol. The average Bonchev–Trinajstić information content (AvgIpc) is 2.45. The molecule has 18 heavy (non-hydrogen) atoms. The van der Waals surface area contributed by atoms with Gasteiger partial charge in [-0.2, -0.15) is 0 Å². The molecule has 92 valence electrons. The Balaban J connectivity index is 2.00. The normalized spacial score (nSPS) is 10.7. The Bertz CT molecular complexity index is 486. The Morgan fingerprint density at radius 3 is 2.06 bits per heavy atom. The van der Waals surface area contributed by atoms with E-state index in [1.54, 1.807) is 7.11 Å². The van der Waals surface area contributed by atoms with Crippen molar-refractivity contribution in [2.24, 2.45) is 0 Å². The van der Waals surface area contributed by atoms with E-state index in [1.165, 1.54) is 5.56 Å². The molecule has 0 bridgehead atoms. The van der Waals surface area contributed by atoms with Crippen LogP contribution in [0.25, 0.3) is 12.2 Å². The fourth-order valence-electron chi connectivity index (χ4n) is 1.56. The second kappa shape index (κ2) is 6.62. The Hall–Kier alpha value is -2.06. The largest absolute Gasteiger partial charge is 0.468 e. The fourth-order valence-corrected chi connectivity index (χ4v) is 1.56. The van der Waals surface area contributed by atoms with Crippen LogP contribution in [-0.4, -0.2) is 13.9 Å². The lowest BCUT2D eigenvalue weighted by Crippen LogP contribution is -1.98. The lowest BCUT2D eigenvalue weighted by atomic mass is 10.1. The van der Waals surface area contributed by atoms with Crippen molar-refractivity contribution in [3.05, 3.63) is 65.7 Å². The highest BCUT2D eigenvalue weighted by Crippen LogP contribution is 2.14. The molecular formula is C16H16O2. The first-order chi connectivity index (χ1) is 8.88. The van der Waals surface area contributed by atoms with E-state index < -0.39 is 0 Å². The highest BCUT2D eigenvalue weighted by Gasteiger charge is 1.92. The quantitative estimate of drug-likeness (QED) is 0.584. The topological polar surface area (TPSA) is 18.5 Å². The second-order valence-electron chi connectivity index (χ2n) is 3.86. The molecule has 0 radical (unpaired) electrons. The Morgan fingerprint density at radius 2 is 1.44 bits per heavy atom. The third-order valence-electron chi connectivity index (χ3n) is 2.49. The predicted molar refractivity (Wildman–Crippen MR) is 74.3 cm³/mol. The number of methoxy groups -OCH3 is 1. The molecule has 0 fully saturated rings. The minimum absolute atomic E-state index is 0.277. The minimum Gasteiger partial charge on any atom is -0.468 e. The number of benzene rings is 2. The van der Waals surface area contributed by atoms with E-state index in [4.69, 9.17) is 9.47 Å². The summed E-state index contributed by atoms with van der Waals surface area (Å²) in [6, 6.07) is 18.1.